The minimum absolute atomic E-state index is 0.0425. The number of hydroxylamine groups is 1. The van der Waals surface area contributed by atoms with E-state index in [-0.39, 0.29) is 4.90 Å². The van der Waals surface area contributed by atoms with Gasteiger partial charge in [0.05, 0.1) is 11.4 Å². The lowest BCUT2D eigenvalue weighted by molar-refractivity contribution is -0.137. The average Bonchev–Trinajstić information content (AvgIpc) is 2.37. The van der Waals surface area contributed by atoms with E-state index in [1.54, 1.807) is 18.2 Å². The molecular weight excluding hydrogens is 274 g/mol. The van der Waals surface area contributed by atoms with Gasteiger partial charge in [-0.1, -0.05) is 18.2 Å². The van der Waals surface area contributed by atoms with Crippen molar-refractivity contribution >= 4 is 21.8 Å². The maximum absolute atomic E-state index is 11.7. The smallest absolute Gasteiger partial charge is 0.258 e. The number of carbonyl (C=O) groups excluding carboxylic acids is 2. The molecule has 1 aromatic carbocycles. The fourth-order valence-corrected chi connectivity index (χ4v) is 2.07. The third kappa shape index (κ3) is 5.46. The van der Waals surface area contributed by atoms with Crippen LogP contribution < -0.4 is 15.9 Å². The van der Waals surface area contributed by atoms with E-state index in [2.05, 4.69) is 9.56 Å². The van der Waals surface area contributed by atoms with Crippen molar-refractivity contribution in [3.8, 4) is 0 Å². The van der Waals surface area contributed by atoms with Gasteiger partial charge in [0.1, 0.15) is 0 Å². The average molecular weight is 287 g/mol. The van der Waals surface area contributed by atoms with Crippen LogP contribution in [-0.4, -0.2) is 33.4 Å². The second kappa shape index (κ2) is 6.83. The lowest BCUT2D eigenvalue weighted by Crippen LogP contribution is -2.38. The minimum Gasteiger partial charge on any atom is -0.368 e. The molecule has 0 saturated heterocycles. The van der Waals surface area contributed by atoms with Crippen LogP contribution in [0.2, 0.25) is 0 Å². The van der Waals surface area contributed by atoms with Gasteiger partial charge in [-0.25, -0.2) is 18.6 Å². The van der Waals surface area contributed by atoms with Crippen LogP contribution in [0.5, 0.6) is 0 Å². The van der Waals surface area contributed by atoms with Gasteiger partial charge in [-0.2, -0.15) is 0 Å². The molecule has 19 heavy (non-hydrogen) atoms. The van der Waals surface area contributed by atoms with Crippen LogP contribution in [0.25, 0.3) is 0 Å². The molecule has 0 fully saturated rings. The standard InChI is InChI=1S/C10H13N3O5S/c11-9(14)7-18-13-10(15)6-12-19(16,17)8-4-2-1-3-5-8/h1-5,12H,6-7H2,(H2,11,14)(H,13,15). The summed E-state index contributed by atoms with van der Waals surface area (Å²) in [5, 5.41) is 0. The molecule has 0 spiro atoms. The van der Waals surface area contributed by atoms with E-state index in [0.717, 1.165) is 0 Å². The molecule has 2 amide bonds. The molecule has 0 radical (unpaired) electrons. The van der Waals surface area contributed by atoms with Crippen molar-refractivity contribution in [3.05, 3.63) is 30.3 Å². The Labute approximate surface area is 109 Å². The van der Waals surface area contributed by atoms with E-state index in [1.807, 2.05) is 5.48 Å². The number of sulfonamides is 1. The van der Waals surface area contributed by atoms with Gasteiger partial charge in [0.15, 0.2) is 6.61 Å². The SMILES string of the molecule is NC(=O)CONC(=O)CNS(=O)(=O)c1ccccc1. The number of nitrogens with one attached hydrogen (secondary N) is 2. The predicted molar refractivity (Wildman–Crippen MR) is 64.9 cm³/mol. The molecule has 0 heterocycles. The highest BCUT2D eigenvalue weighted by Crippen LogP contribution is 2.06. The summed E-state index contributed by atoms with van der Waals surface area (Å²) in [5.74, 6) is -1.51. The monoisotopic (exact) mass is 287 g/mol. The quantitative estimate of drug-likeness (QED) is 0.526. The van der Waals surface area contributed by atoms with Gasteiger partial charge < -0.3 is 5.73 Å². The van der Waals surface area contributed by atoms with Gasteiger partial charge >= 0.3 is 0 Å². The molecule has 0 aromatic heterocycles. The molecule has 4 N–H and O–H groups in total. The Kier molecular flexibility index (Phi) is 5.42. The Bertz CT molecular complexity index is 544. The third-order valence-electron chi connectivity index (χ3n) is 1.88. The van der Waals surface area contributed by atoms with Gasteiger partial charge in [0.2, 0.25) is 15.9 Å². The molecule has 104 valence electrons. The fourth-order valence-electron chi connectivity index (χ4n) is 1.07. The van der Waals surface area contributed by atoms with E-state index < -0.39 is 35.0 Å². The largest absolute Gasteiger partial charge is 0.368 e. The first-order chi connectivity index (χ1) is 8.92. The zero-order valence-electron chi connectivity index (χ0n) is 9.83. The zero-order chi connectivity index (χ0) is 14.3. The Hall–Kier alpha value is -1.97. The summed E-state index contributed by atoms with van der Waals surface area (Å²) in [6.07, 6.45) is 0. The highest BCUT2D eigenvalue weighted by molar-refractivity contribution is 7.89. The van der Waals surface area contributed by atoms with Crippen molar-refractivity contribution in [1.29, 1.82) is 0 Å². The second-order valence-corrected chi connectivity index (χ2v) is 5.18. The molecule has 0 aliphatic rings. The van der Waals surface area contributed by atoms with Crippen LogP contribution >= 0.6 is 0 Å². The summed E-state index contributed by atoms with van der Waals surface area (Å²) in [7, 11) is -3.75. The molecule has 0 aliphatic carbocycles. The van der Waals surface area contributed by atoms with Crippen molar-refractivity contribution in [3.63, 3.8) is 0 Å². The summed E-state index contributed by atoms with van der Waals surface area (Å²) in [5.41, 5.74) is 6.64. The minimum atomic E-state index is -3.75. The number of amides is 2. The molecule has 0 atom stereocenters. The van der Waals surface area contributed by atoms with Crippen molar-refractivity contribution in [2.45, 2.75) is 4.90 Å². The van der Waals surface area contributed by atoms with E-state index in [1.165, 1.54) is 12.1 Å². The molecule has 0 aliphatic heterocycles. The number of hydrogen-bond acceptors (Lipinski definition) is 5. The molecule has 1 rings (SSSR count). The fraction of sp³-hybridized carbons (Fsp3) is 0.200. The number of primary amides is 1. The summed E-state index contributed by atoms with van der Waals surface area (Å²) in [4.78, 5) is 26.0. The van der Waals surface area contributed by atoms with Gasteiger partial charge in [-0.3, -0.25) is 14.4 Å². The van der Waals surface area contributed by atoms with Crippen LogP contribution in [0.3, 0.4) is 0 Å². The summed E-state index contributed by atoms with van der Waals surface area (Å²) >= 11 is 0. The number of hydrogen-bond donors (Lipinski definition) is 3. The Morgan fingerprint density at radius 3 is 2.42 bits per heavy atom. The van der Waals surface area contributed by atoms with E-state index >= 15 is 0 Å². The Morgan fingerprint density at radius 1 is 1.21 bits per heavy atom. The topological polar surface area (TPSA) is 128 Å². The maximum atomic E-state index is 11.7. The highest BCUT2D eigenvalue weighted by atomic mass is 32.2. The van der Waals surface area contributed by atoms with E-state index in [4.69, 9.17) is 5.73 Å². The van der Waals surface area contributed by atoms with Crippen LogP contribution in [0, 0.1) is 0 Å². The maximum Gasteiger partial charge on any atom is 0.258 e. The van der Waals surface area contributed by atoms with Crippen molar-refractivity contribution in [2.24, 2.45) is 5.73 Å². The molecule has 0 bridgehead atoms. The summed E-state index contributed by atoms with van der Waals surface area (Å²) < 4.78 is 25.5. The number of nitrogens with two attached hydrogens (primary N) is 1. The molecular formula is C10H13N3O5S. The second-order valence-electron chi connectivity index (χ2n) is 3.42. The predicted octanol–water partition coefficient (Wildman–Crippen LogP) is -1.50. The molecule has 0 unspecified atom stereocenters. The van der Waals surface area contributed by atoms with Crippen LogP contribution in [0.4, 0.5) is 0 Å². The van der Waals surface area contributed by atoms with Crippen LogP contribution in [0.15, 0.2) is 35.2 Å². The molecule has 9 heteroatoms. The number of carbonyl (C=O) groups is 2. The first kappa shape index (κ1) is 15.1. The highest BCUT2D eigenvalue weighted by Gasteiger charge is 2.14. The van der Waals surface area contributed by atoms with E-state index in [9.17, 15) is 18.0 Å². The lowest BCUT2D eigenvalue weighted by atomic mass is 10.4. The van der Waals surface area contributed by atoms with Gasteiger partial charge in [-0.05, 0) is 12.1 Å². The first-order valence-electron chi connectivity index (χ1n) is 5.15. The zero-order valence-corrected chi connectivity index (χ0v) is 10.6. The first-order valence-corrected chi connectivity index (χ1v) is 6.64. The summed E-state index contributed by atoms with van der Waals surface area (Å²) in [6, 6.07) is 7.58. The molecule has 0 saturated carbocycles. The third-order valence-corrected chi connectivity index (χ3v) is 3.29. The van der Waals surface area contributed by atoms with Gasteiger partial charge in [0.25, 0.3) is 5.91 Å². The van der Waals surface area contributed by atoms with Crippen molar-refractivity contribution < 1.29 is 22.8 Å². The lowest BCUT2D eigenvalue weighted by Gasteiger charge is -2.07. The Morgan fingerprint density at radius 2 is 1.84 bits per heavy atom. The molecule has 1 aromatic rings. The normalized spacial score (nSPS) is 10.9. The molecule has 8 nitrogen and oxygen atoms in total. The van der Waals surface area contributed by atoms with E-state index in [0.29, 0.717) is 0 Å². The van der Waals surface area contributed by atoms with Crippen molar-refractivity contribution in [2.75, 3.05) is 13.2 Å². The van der Waals surface area contributed by atoms with Crippen LogP contribution in [0.1, 0.15) is 0 Å². The number of benzene rings is 1. The Balaban J connectivity index is 2.44. The van der Waals surface area contributed by atoms with Crippen LogP contribution in [-0.2, 0) is 24.4 Å². The van der Waals surface area contributed by atoms with Crippen molar-refractivity contribution in [1.82, 2.24) is 10.2 Å². The number of rotatable bonds is 7. The summed E-state index contributed by atoms with van der Waals surface area (Å²) in [6.45, 7) is -1.01. The van der Waals surface area contributed by atoms with Gasteiger partial charge in [0, 0.05) is 0 Å². The van der Waals surface area contributed by atoms with Gasteiger partial charge in [-0.15, -0.1) is 0 Å².